The van der Waals surface area contributed by atoms with Crippen molar-refractivity contribution in [1.82, 2.24) is 0 Å². The minimum Gasteiger partial charge on any atom is -0.165 e. The smallest absolute Gasteiger partial charge is 0.00942 e. The van der Waals surface area contributed by atoms with E-state index in [0.717, 1.165) is 5.33 Å². The van der Waals surface area contributed by atoms with Crippen LogP contribution in [-0.2, 0) is 0 Å². The van der Waals surface area contributed by atoms with Crippen molar-refractivity contribution in [1.29, 1.82) is 0 Å². The van der Waals surface area contributed by atoms with Crippen LogP contribution in [0.4, 0.5) is 0 Å². The van der Waals surface area contributed by atoms with Crippen molar-refractivity contribution in [2.75, 3.05) is 17.3 Å². The van der Waals surface area contributed by atoms with Gasteiger partial charge >= 0.3 is 0 Å². The van der Waals surface area contributed by atoms with Crippen LogP contribution in [-0.4, -0.2) is 17.3 Å². The number of hydrogen-bond donors (Lipinski definition) is 0. The summed E-state index contributed by atoms with van der Waals surface area (Å²) in [7, 11) is 0. The molecule has 0 nitrogen and oxygen atoms in total. The second-order valence-corrected chi connectivity index (χ2v) is 4.80. The zero-order valence-corrected chi connectivity index (χ0v) is 9.38. The van der Waals surface area contributed by atoms with Gasteiger partial charge in [0.25, 0.3) is 0 Å². The molecule has 0 aromatic heterocycles. The van der Waals surface area contributed by atoms with Gasteiger partial charge < -0.3 is 0 Å². The van der Waals surface area contributed by atoms with Gasteiger partial charge in [-0.2, -0.15) is 11.8 Å². The Labute approximate surface area is 82.0 Å². The van der Waals surface area contributed by atoms with Gasteiger partial charge in [-0.05, 0) is 36.7 Å². The van der Waals surface area contributed by atoms with Gasteiger partial charge in [0, 0.05) is 5.33 Å². The van der Waals surface area contributed by atoms with Gasteiger partial charge in [0.1, 0.15) is 0 Å². The summed E-state index contributed by atoms with van der Waals surface area (Å²) in [6, 6.07) is 0. The third-order valence-corrected chi connectivity index (χ3v) is 4.19. The molecule has 11 heavy (non-hydrogen) atoms. The third kappa shape index (κ3) is 2.51. The molecule has 0 heterocycles. The Kier molecular flexibility index (Phi) is 4.00. The number of thioether (sulfide) groups is 1. The van der Waals surface area contributed by atoms with E-state index in [-0.39, 0.29) is 0 Å². The van der Waals surface area contributed by atoms with E-state index in [0.29, 0.717) is 5.41 Å². The average Bonchev–Trinajstić information content (AvgIpc) is 2.50. The van der Waals surface area contributed by atoms with E-state index >= 15 is 0 Å². The fraction of sp³-hybridized carbons (Fsp3) is 0.778. The first-order valence-electron chi connectivity index (χ1n) is 4.03. The zero-order valence-electron chi connectivity index (χ0n) is 6.98. The Balaban J connectivity index is 2.35. The lowest BCUT2D eigenvalue weighted by molar-refractivity contribution is 0.354. The number of alkyl halides is 1. The summed E-state index contributed by atoms with van der Waals surface area (Å²) in [4.78, 5) is 0. The van der Waals surface area contributed by atoms with Crippen LogP contribution in [0.2, 0.25) is 0 Å². The largest absolute Gasteiger partial charge is 0.165 e. The second kappa shape index (κ2) is 4.56. The van der Waals surface area contributed by atoms with Gasteiger partial charge in [-0.3, -0.25) is 0 Å². The van der Waals surface area contributed by atoms with E-state index in [1.807, 2.05) is 11.8 Å². The van der Waals surface area contributed by atoms with Crippen LogP contribution in [0.1, 0.15) is 19.3 Å². The molecule has 2 heteroatoms. The van der Waals surface area contributed by atoms with Gasteiger partial charge in [0.05, 0.1) is 0 Å². The van der Waals surface area contributed by atoms with Crippen LogP contribution in [0.5, 0.6) is 0 Å². The highest BCUT2D eigenvalue weighted by Gasteiger charge is 2.28. The first-order valence-corrected chi connectivity index (χ1v) is 6.54. The lowest BCUT2D eigenvalue weighted by Gasteiger charge is -2.25. The topological polar surface area (TPSA) is 0 Å². The summed E-state index contributed by atoms with van der Waals surface area (Å²) in [5.74, 6) is 1.30. The van der Waals surface area contributed by atoms with E-state index < -0.39 is 0 Å². The SMILES string of the molecule is CSCCC1(CBr)CC=CC1. The fourth-order valence-corrected chi connectivity index (χ4v) is 2.82. The normalized spacial score (nSPS) is 20.9. The highest BCUT2D eigenvalue weighted by Crippen LogP contribution is 2.38. The Morgan fingerprint density at radius 2 is 2.09 bits per heavy atom. The number of hydrogen-bond acceptors (Lipinski definition) is 1. The minimum atomic E-state index is 0.572. The molecular formula is C9H15BrS. The van der Waals surface area contributed by atoms with Gasteiger partial charge in [0.2, 0.25) is 0 Å². The summed E-state index contributed by atoms with van der Waals surface area (Å²) < 4.78 is 0. The summed E-state index contributed by atoms with van der Waals surface area (Å²) in [6.45, 7) is 0. The van der Waals surface area contributed by atoms with Crippen LogP contribution in [0.15, 0.2) is 12.2 Å². The fourth-order valence-electron chi connectivity index (χ4n) is 1.45. The molecular weight excluding hydrogens is 220 g/mol. The highest BCUT2D eigenvalue weighted by molar-refractivity contribution is 9.09. The van der Waals surface area contributed by atoms with Gasteiger partial charge in [-0.15, -0.1) is 0 Å². The molecule has 1 aliphatic rings. The Bertz CT molecular complexity index is 134. The van der Waals surface area contributed by atoms with Gasteiger partial charge in [0.15, 0.2) is 0 Å². The van der Waals surface area contributed by atoms with Crippen molar-refractivity contribution in [3.63, 3.8) is 0 Å². The third-order valence-electron chi connectivity index (χ3n) is 2.39. The summed E-state index contributed by atoms with van der Waals surface area (Å²) in [5, 5.41) is 1.16. The zero-order chi connectivity index (χ0) is 8.16. The van der Waals surface area contributed by atoms with E-state index in [2.05, 4.69) is 34.3 Å². The monoisotopic (exact) mass is 234 g/mol. The highest BCUT2D eigenvalue weighted by atomic mass is 79.9. The first kappa shape index (κ1) is 9.66. The Hall–Kier alpha value is 0.570. The molecule has 1 aliphatic carbocycles. The van der Waals surface area contributed by atoms with E-state index in [9.17, 15) is 0 Å². The first-order chi connectivity index (χ1) is 5.33. The molecule has 0 radical (unpaired) electrons. The van der Waals surface area contributed by atoms with E-state index in [1.165, 1.54) is 25.0 Å². The van der Waals surface area contributed by atoms with E-state index in [4.69, 9.17) is 0 Å². The van der Waals surface area contributed by atoms with Gasteiger partial charge in [-0.1, -0.05) is 28.1 Å². The van der Waals surface area contributed by atoms with Crippen LogP contribution >= 0.6 is 27.7 Å². The summed E-state index contributed by atoms with van der Waals surface area (Å²) in [5.41, 5.74) is 0.572. The second-order valence-electron chi connectivity index (χ2n) is 3.26. The molecule has 0 aromatic rings. The number of halogens is 1. The maximum absolute atomic E-state index is 3.61. The predicted molar refractivity (Wildman–Crippen MR) is 57.6 cm³/mol. The van der Waals surface area contributed by atoms with Crippen molar-refractivity contribution >= 4 is 27.7 Å². The molecule has 0 aromatic carbocycles. The Morgan fingerprint density at radius 3 is 2.55 bits per heavy atom. The molecule has 64 valence electrons. The maximum atomic E-state index is 3.61. The molecule has 1 rings (SSSR count). The molecule has 0 N–H and O–H groups in total. The lowest BCUT2D eigenvalue weighted by Crippen LogP contribution is -2.19. The summed E-state index contributed by atoms with van der Waals surface area (Å²) >= 11 is 5.57. The van der Waals surface area contributed by atoms with Crippen molar-refractivity contribution in [2.45, 2.75) is 19.3 Å². The van der Waals surface area contributed by atoms with Crippen molar-refractivity contribution in [2.24, 2.45) is 5.41 Å². The van der Waals surface area contributed by atoms with Crippen LogP contribution < -0.4 is 0 Å². The molecule has 0 saturated heterocycles. The van der Waals surface area contributed by atoms with Crippen LogP contribution in [0, 0.1) is 5.41 Å². The molecule has 0 unspecified atom stereocenters. The average molecular weight is 235 g/mol. The molecule has 0 fully saturated rings. The molecule has 0 saturated carbocycles. The quantitative estimate of drug-likeness (QED) is 0.531. The van der Waals surface area contributed by atoms with Crippen LogP contribution in [0.25, 0.3) is 0 Å². The molecule has 0 spiro atoms. The number of rotatable bonds is 4. The van der Waals surface area contributed by atoms with Gasteiger partial charge in [-0.25, -0.2) is 0 Å². The van der Waals surface area contributed by atoms with Crippen molar-refractivity contribution < 1.29 is 0 Å². The van der Waals surface area contributed by atoms with Crippen molar-refractivity contribution in [3.8, 4) is 0 Å². The van der Waals surface area contributed by atoms with Crippen molar-refractivity contribution in [3.05, 3.63) is 12.2 Å². The molecule has 0 atom stereocenters. The standard InChI is InChI=1S/C9H15BrS/c1-11-7-6-9(8-10)4-2-3-5-9/h2-3H,4-8H2,1H3. The summed E-state index contributed by atoms with van der Waals surface area (Å²) in [6.07, 6.45) is 10.7. The Morgan fingerprint density at radius 1 is 1.45 bits per heavy atom. The lowest BCUT2D eigenvalue weighted by atomic mass is 9.85. The minimum absolute atomic E-state index is 0.572. The predicted octanol–water partition coefficient (Wildman–Crippen LogP) is 3.47. The van der Waals surface area contributed by atoms with E-state index in [1.54, 1.807) is 0 Å². The number of allylic oxidation sites excluding steroid dienone is 2. The molecule has 0 aliphatic heterocycles. The molecule has 0 amide bonds. The maximum Gasteiger partial charge on any atom is 0.00942 e. The molecule has 0 bridgehead atoms. The van der Waals surface area contributed by atoms with Crippen LogP contribution in [0.3, 0.4) is 0 Å².